The number of unbranched alkanes of at least 4 members (excludes halogenated alkanes) is 20. The van der Waals surface area contributed by atoms with Gasteiger partial charge in [0, 0.05) is 6.42 Å². The first-order chi connectivity index (χ1) is 27.7. The molecule has 2 atom stereocenters. The number of hydrogen-bond donors (Lipinski definition) is 3. The first kappa shape index (κ1) is 53.3. The third-order valence-corrected chi connectivity index (χ3v) is 10.1. The molecule has 0 aromatic heterocycles. The molecule has 56 heavy (non-hydrogen) atoms. The lowest BCUT2D eigenvalue weighted by molar-refractivity contribution is -0.123. The predicted octanol–water partition coefficient (Wildman–Crippen LogP) is 15.0. The van der Waals surface area contributed by atoms with Gasteiger partial charge < -0.3 is 15.5 Å². The normalized spacial score (nSPS) is 13.9. The molecule has 3 N–H and O–H groups in total. The van der Waals surface area contributed by atoms with Crippen molar-refractivity contribution in [3.05, 3.63) is 97.2 Å². The highest BCUT2D eigenvalue weighted by Crippen LogP contribution is 2.15. The van der Waals surface area contributed by atoms with E-state index in [1.165, 1.54) is 116 Å². The summed E-state index contributed by atoms with van der Waals surface area (Å²) >= 11 is 0. The molecular formula is C52H89NO3. The highest BCUT2D eigenvalue weighted by atomic mass is 16.3. The van der Waals surface area contributed by atoms with Gasteiger partial charge in [0.1, 0.15) is 0 Å². The second-order valence-corrected chi connectivity index (χ2v) is 15.4. The largest absolute Gasteiger partial charge is 0.394 e. The molecule has 0 spiro atoms. The Hall–Kier alpha value is -2.69. The van der Waals surface area contributed by atoms with Crippen molar-refractivity contribution in [2.75, 3.05) is 6.61 Å². The average molecular weight is 776 g/mol. The lowest BCUT2D eigenvalue weighted by atomic mass is 10.0. The Balaban J connectivity index is 3.50. The summed E-state index contributed by atoms with van der Waals surface area (Å²) in [7, 11) is 0. The molecule has 4 heteroatoms. The van der Waals surface area contributed by atoms with Gasteiger partial charge in [0.2, 0.25) is 5.91 Å². The molecule has 0 aliphatic carbocycles. The molecule has 0 radical (unpaired) electrons. The van der Waals surface area contributed by atoms with Crippen LogP contribution in [0.3, 0.4) is 0 Å². The molecular weight excluding hydrogens is 687 g/mol. The molecule has 0 bridgehead atoms. The van der Waals surface area contributed by atoms with Crippen LogP contribution in [-0.2, 0) is 4.79 Å². The Morgan fingerprint density at radius 1 is 0.446 bits per heavy atom. The fourth-order valence-corrected chi connectivity index (χ4v) is 6.49. The number of carbonyl (C=O) groups excluding carboxylic acids is 1. The van der Waals surface area contributed by atoms with Crippen LogP contribution in [0.15, 0.2) is 97.2 Å². The van der Waals surface area contributed by atoms with Crippen LogP contribution in [0, 0.1) is 0 Å². The summed E-state index contributed by atoms with van der Waals surface area (Å²) in [6.45, 7) is 4.12. The van der Waals surface area contributed by atoms with Gasteiger partial charge in [0.05, 0.1) is 18.8 Å². The van der Waals surface area contributed by atoms with Gasteiger partial charge in [-0.15, -0.1) is 0 Å². The zero-order chi connectivity index (χ0) is 40.7. The van der Waals surface area contributed by atoms with Gasteiger partial charge in [0.25, 0.3) is 0 Å². The van der Waals surface area contributed by atoms with Crippen LogP contribution in [0.4, 0.5) is 0 Å². The number of hydrogen-bond acceptors (Lipinski definition) is 3. The number of aliphatic hydroxyl groups excluding tert-OH is 2. The van der Waals surface area contributed by atoms with Crippen molar-refractivity contribution in [1.82, 2.24) is 5.32 Å². The van der Waals surface area contributed by atoms with Gasteiger partial charge in [-0.3, -0.25) is 4.79 Å². The summed E-state index contributed by atoms with van der Waals surface area (Å²) in [5, 5.41) is 22.8. The maximum Gasteiger partial charge on any atom is 0.220 e. The molecule has 0 rings (SSSR count). The third kappa shape index (κ3) is 42.5. The van der Waals surface area contributed by atoms with Gasteiger partial charge in [0.15, 0.2) is 0 Å². The number of rotatable bonds is 41. The zero-order valence-electron chi connectivity index (χ0n) is 36.6. The molecule has 2 unspecified atom stereocenters. The van der Waals surface area contributed by atoms with Gasteiger partial charge in [-0.1, -0.05) is 214 Å². The first-order valence-corrected chi connectivity index (χ1v) is 23.5. The van der Waals surface area contributed by atoms with E-state index >= 15 is 0 Å². The van der Waals surface area contributed by atoms with Gasteiger partial charge in [-0.25, -0.2) is 0 Å². The van der Waals surface area contributed by atoms with Gasteiger partial charge in [-0.05, 0) is 83.5 Å². The van der Waals surface area contributed by atoms with Crippen LogP contribution < -0.4 is 5.32 Å². The molecule has 320 valence electrons. The van der Waals surface area contributed by atoms with Crippen molar-refractivity contribution in [1.29, 1.82) is 0 Å². The summed E-state index contributed by atoms with van der Waals surface area (Å²) < 4.78 is 0. The van der Waals surface area contributed by atoms with E-state index in [-0.39, 0.29) is 12.5 Å². The molecule has 0 heterocycles. The van der Waals surface area contributed by atoms with E-state index in [0.29, 0.717) is 6.42 Å². The number of nitrogens with one attached hydrogen (secondary N) is 1. The number of amides is 1. The summed E-state index contributed by atoms with van der Waals surface area (Å²) in [4.78, 5) is 12.3. The quantitative estimate of drug-likeness (QED) is 0.0428. The lowest BCUT2D eigenvalue weighted by Crippen LogP contribution is -2.45. The van der Waals surface area contributed by atoms with Crippen molar-refractivity contribution in [3.8, 4) is 0 Å². The van der Waals surface area contributed by atoms with Gasteiger partial charge in [-0.2, -0.15) is 0 Å². The molecule has 0 aromatic carbocycles. The molecule has 0 fully saturated rings. The minimum atomic E-state index is -0.863. The van der Waals surface area contributed by atoms with E-state index in [1.54, 1.807) is 6.08 Å². The summed E-state index contributed by atoms with van der Waals surface area (Å²) in [6, 6.07) is -0.640. The predicted molar refractivity (Wildman–Crippen MR) is 248 cm³/mol. The first-order valence-electron chi connectivity index (χ1n) is 23.5. The summed E-state index contributed by atoms with van der Waals surface area (Å²) in [6.07, 6.45) is 69.7. The monoisotopic (exact) mass is 776 g/mol. The maximum atomic E-state index is 12.3. The highest BCUT2D eigenvalue weighted by Gasteiger charge is 2.17. The molecule has 0 saturated carbocycles. The summed E-state index contributed by atoms with van der Waals surface area (Å²) in [5.74, 6) is -0.0802. The van der Waals surface area contributed by atoms with Crippen LogP contribution in [0.25, 0.3) is 0 Å². The van der Waals surface area contributed by atoms with E-state index in [2.05, 4.69) is 104 Å². The molecule has 0 aromatic rings. The number of carbonyl (C=O) groups is 1. The van der Waals surface area contributed by atoms with Crippen LogP contribution >= 0.6 is 0 Å². The minimum absolute atomic E-state index is 0.0802. The second-order valence-electron chi connectivity index (χ2n) is 15.4. The molecule has 4 nitrogen and oxygen atoms in total. The Kier molecular flexibility index (Phi) is 44.4. The average Bonchev–Trinajstić information content (AvgIpc) is 3.20. The number of aliphatic hydroxyl groups is 2. The highest BCUT2D eigenvalue weighted by molar-refractivity contribution is 5.76. The zero-order valence-corrected chi connectivity index (χ0v) is 36.6. The molecule has 0 saturated heterocycles. The van der Waals surface area contributed by atoms with E-state index in [4.69, 9.17) is 0 Å². The van der Waals surface area contributed by atoms with E-state index < -0.39 is 12.1 Å². The molecule has 1 amide bonds. The molecule has 0 aliphatic rings. The van der Waals surface area contributed by atoms with E-state index in [0.717, 1.165) is 70.6 Å². The number of allylic oxidation sites excluding steroid dienone is 15. The third-order valence-electron chi connectivity index (χ3n) is 10.1. The Morgan fingerprint density at radius 3 is 1.25 bits per heavy atom. The Morgan fingerprint density at radius 2 is 0.804 bits per heavy atom. The van der Waals surface area contributed by atoms with Crippen LogP contribution in [0.5, 0.6) is 0 Å². The van der Waals surface area contributed by atoms with Gasteiger partial charge >= 0.3 is 0 Å². The summed E-state index contributed by atoms with van der Waals surface area (Å²) in [5.41, 5.74) is 0. The van der Waals surface area contributed by atoms with Crippen molar-refractivity contribution >= 4 is 5.91 Å². The van der Waals surface area contributed by atoms with Crippen molar-refractivity contribution in [3.63, 3.8) is 0 Å². The second kappa shape index (κ2) is 46.7. The fraction of sp³-hybridized carbons (Fsp3) is 0.673. The fourth-order valence-electron chi connectivity index (χ4n) is 6.49. The lowest BCUT2D eigenvalue weighted by Gasteiger charge is -2.19. The van der Waals surface area contributed by atoms with E-state index in [1.807, 2.05) is 6.08 Å². The standard InChI is InChI=1S/C52H89NO3/c1-3-5-7-9-11-13-14-15-16-17-18-19-20-21-22-23-24-25-26-27-28-29-30-31-32-33-34-35-36-37-38-40-42-44-46-48-52(56)53-50(49-54)51(55)47-45-43-41-39-12-10-8-6-4-2/h5,7,11-13,15-16,18-19,21-22,24-25,39,45,47,50-51,54-55H,3-4,6,8-10,14,17,20,23,26-38,40-44,46,48-49H2,1-2H3,(H,53,56)/b7-5-,13-11-,16-15-,19-18-,22-21-,25-24-,39-12+,47-45+. The van der Waals surface area contributed by atoms with Crippen LogP contribution in [-0.4, -0.2) is 34.9 Å². The van der Waals surface area contributed by atoms with Crippen LogP contribution in [0.2, 0.25) is 0 Å². The van der Waals surface area contributed by atoms with Crippen molar-refractivity contribution < 1.29 is 15.0 Å². The Labute approximate surface area is 347 Å². The minimum Gasteiger partial charge on any atom is -0.394 e. The van der Waals surface area contributed by atoms with Crippen LogP contribution in [0.1, 0.15) is 206 Å². The Bertz CT molecular complexity index is 1060. The van der Waals surface area contributed by atoms with E-state index in [9.17, 15) is 15.0 Å². The van der Waals surface area contributed by atoms with Crippen molar-refractivity contribution in [2.45, 2.75) is 219 Å². The SMILES string of the molecule is CC/C=C\C/C=C\C/C=C\C/C=C\C/C=C\C/C=C\CCCCCCCCCCCCCCCCCCC(=O)NC(CO)C(O)/C=C/CC/C=C/CCCCC. The smallest absolute Gasteiger partial charge is 0.220 e. The topological polar surface area (TPSA) is 69.6 Å². The molecule has 0 aliphatic heterocycles. The van der Waals surface area contributed by atoms with Crippen molar-refractivity contribution in [2.24, 2.45) is 0 Å². The maximum absolute atomic E-state index is 12.3.